The molecule has 0 amide bonds. The van der Waals surface area contributed by atoms with Crippen LogP contribution in [0.15, 0.2) is 11.6 Å². The summed E-state index contributed by atoms with van der Waals surface area (Å²) < 4.78 is 17.2. The third-order valence-electron chi connectivity index (χ3n) is 4.63. The Morgan fingerprint density at radius 2 is 2.29 bits per heavy atom. The van der Waals surface area contributed by atoms with Crippen LogP contribution in [0.1, 0.15) is 46.5 Å². The fraction of sp³-hybridized carbons (Fsp3) is 0.857. The summed E-state index contributed by atoms with van der Waals surface area (Å²) in [5, 5.41) is 0. The molecule has 0 heterocycles. The Hall–Kier alpha value is -0.200. The van der Waals surface area contributed by atoms with Gasteiger partial charge < -0.3 is 0 Å². The number of fused-ring (bicyclic) bond motifs is 1. The molecule has 0 aromatic carbocycles. The first-order chi connectivity index (χ1) is 8.05. The van der Waals surface area contributed by atoms with Gasteiger partial charge in [-0.05, 0) is 46.7 Å². The molecule has 2 nitrogen and oxygen atoms in total. The average Bonchev–Trinajstić information content (AvgIpc) is 2.29. The number of rotatable bonds is 6. The minimum absolute atomic E-state index is 0.434. The quantitative estimate of drug-likeness (QED) is 0.396. The van der Waals surface area contributed by atoms with Gasteiger partial charge in [0.2, 0.25) is 0 Å². The predicted octanol–water partition coefficient (Wildman–Crippen LogP) is 4.54. The second-order valence-corrected chi connectivity index (χ2v) is 7.24. The van der Waals surface area contributed by atoms with E-state index >= 15 is 0 Å². The van der Waals surface area contributed by atoms with E-state index in [2.05, 4.69) is 26.8 Å². The van der Waals surface area contributed by atoms with E-state index in [1.54, 1.807) is 0 Å². The lowest BCUT2D eigenvalue weighted by molar-refractivity contribution is -0.00564. The molecule has 3 rings (SSSR count). The van der Waals surface area contributed by atoms with Gasteiger partial charge >= 0.3 is 8.03 Å². The summed E-state index contributed by atoms with van der Waals surface area (Å²) in [4.78, 5) is 0. The molecular weight excluding hydrogens is 231 g/mol. The summed E-state index contributed by atoms with van der Waals surface area (Å²) in [5.41, 5.74) is 1.83. The molecule has 2 bridgehead atoms. The maximum absolute atomic E-state index is 11.8. The molecule has 3 aliphatic rings. The van der Waals surface area contributed by atoms with Crippen molar-refractivity contribution in [3.63, 3.8) is 0 Å². The summed E-state index contributed by atoms with van der Waals surface area (Å²) in [6.07, 6.45) is 7.58. The maximum atomic E-state index is 11.8. The third-order valence-corrected chi connectivity index (χ3v) is 5.72. The van der Waals surface area contributed by atoms with Crippen molar-refractivity contribution in [2.24, 2.45) is 17.3 Å². The first-order valence-electron chi connectivity index (χ1n) is 6.82. The van der Waals surface area contributed by atoms with Gasteiger partial charge in [-0.1, -0.05) is 33.3 Å². The summed E-state index contributed by atoms with van der Waals surface area (Å²) >= 11 is 0. The van der Waals surface area contributed by atoms with Crippen molar-refractivity contribution in [2.45, 2.75) is 46.5 Å². The zero-order chi connectivity index (χ0) is 12.5. The van der Waals surface area contributed by atoms with Crippen LogP contribution in [0.2, 0.25) is 0 Å². The average molecular weight is 255 g/mol. The van der Waals surface area contributed by atoms with Crippen LogP contribution in [0, 0.1) is 17.3 Å². The lowest BCUT2D eigenvalue weighted by Crippen LogP contribution is -2.48. The summed E-state index contributed by atoms with van der Waals surface area (Å²) in [7, 11) is -1.48. The molecule has 0 N–H and O–H groups in total. The van der Waals surface area contributed by atoms with E-state index in [9.17, 15) is 4.57 Å². The topological polar surface area (TPSA) is 26.3 Å². The fourth-order valence-electron chi connectivity index (χ4n) is 3.16. The molecule has 96 valence electrons. The molecule has 3 unspecified atom stereocenters. The monoisotopic (exact) mass is 255 g/mol. The molecule has 3 heteroatoms. The van der Waals surface area contributed by atoms with Crippen molar-refractivity contribution in [3.8, 4) is 0 Å². The van der Waals surface area contributed by atoms with Gasteiger partial charge in [0.1, 0.15) is 6.61 Å². The van der Waals surface area contributed by atoms with Crippen LogP contribution in [0.4, 0.5) is 0 Å². The highest BCUT2D eigenvalue weighted by Crippen LogP contribution is 2.60. The lowest BCUT2D eigenvalue weighted by Gasteiger charge is -2.55. The summed E-state index contributed by atoms with van der Waals surface area (Å²) in [6, 6.07) is 0. The molecular formula is C14H24O2P+. The first kappa shape index (κ1) is 13.2. The van der Waals surface area contributed by atoms with Crippen LogP contribution >= 0.6 is 8.03 Å². The normalized spacial score (nSPS) is 30.5. The standard InChI is InChI=1S/C14H24O2P/c1-4-5-8-16-17(15)10-11-6-7-12-9-13(11)14(12,2)3/h6,12-13H,4-5,7-10H2,1-3H3/q+1. The van der Waals surface area contributed by atoms with E-state index in [0.29, 0.717) is 24.1 Å². The van der Waals surface area contributed by atoms with Crippen LogP contribution < -0.4 is 0 Å². The van der Waals surface area contributed by atoms with E-state index in [1.165, 1.54) is 18.4 Å². The minimum Gasteiger partial charge on any atom is -0.146 e. The molecule has 0 aromatic rings. The van der Waals surface area contributed by atoms with Crippen molar-refractivity contribution in [1.82, 2.24) is 0 Å². The fourth-order valence-corrected chi connectivity index (χ4v) is 4.23. The Labute approximate surface area is 106 Å². The van der Waals surface area contributed by atoms with Crippen LogP contribution in [0.25, 0.3) is 0 Å². The first-order valence-corrected chi connectivity index (χ1v) is 8.18. The van der Waals surface area contributed by atoms with Gasteiger partial charge in [-0.25, -0.2) is 0 Å². The number of hydrogen-bond acceptors (Lipinski definition) is 2. The van der Waals surface area contributed by atoms with Crippen molar-refractivity contribution < 1.29 is 9.09 Å². The SMILES string of the molecule is CCCCO[P+](=O)CC1=CCC2CC1C2(C)C. The van der Waals surface area contributed by atoms with Crippen LogP contribution in [0.5, 0.6) is 0 Å². The Morgan fingerprint density at radius 1 is 1.53 bits per heavy atom. The van der Waals surface area contributed by atoms with E-state index < -0.39 is 8.03 Å². The second kappa shape index (κ2) is 5.20. The van der Waals surface area contributed by atoms with Gasteiger partial charge in [-0.3, -0.25) is 0 Å². The van der Waals surface area contributed by atoms with Gasteiger partial charge in [-0.2, -0.15) is 0 Å². The number of hydrogen-bond donors (Lipinski definition) is 0. The molecule has 1 saturated carbocycles. The molecule has 0 spiro atoms. The Balaban J connectivity index is 1.83. The Morgan fingerprint density at radius 3 is 2.88 bits per heavy atom. The van der Waals surface area contributed by atoms with Crippen molar-refractivity contribution >= 4 is 8.03 Å². The van der Waals surface area contributed by atoms with Crippen molar-refractivity contribution in [3.05, 3.63) is 11.6 Å². The van der Waals surface area contributed by atoms with Gasteiger partial charge in [-0.15, -0.1) is 4.52 Å². The lowest BCUT2D eigenvalue weighted by atomic mass is 9.49. The van der Waals surface area contributed by atoms with Crippen molar-refractivity contribution in [2.75, 3.05) is 12.8 Å². The molecule has 1 fully saturated rings. The summed E-state index contributed by atoms with van der Waals surface area (Å²) in [5.74, 6) is 1.52. The largest absolute Gasteiger partial charge is 0.512 e. The van der Waals surface area contributed by atoms with Gasteiger partial charge in [0.15, 0.2) is 6.16 Å². The van der Waals surface area contributed by atoms with Crippen molar-refractivity contribution in [1.29, 1.82) is 0 Å². The highest BCUT2D eigenvalue weighted by Gasteiger charge is 2.52. The molecule has 0 saturated heterocycles. The zero-order valence-corrected chi connectivity index (χ0v) is 12.1. The highest BCUT2D eigenvalue weighted by molar-refractivity contribution is 7.39. The van der Waals surface area contributed by atoms with E-state index in [1.807, 2.05) is 0 Å². The molecule has 17 heavy (non-hydrogen) atoms. The molecule has 0 aliphatic heterocycles. The molecule has 0 radical (unpaired) electrons. The van der Waals surface area contributed by atoms with E-state index in [0.717, 1.165) is 18.8 Å². The van der Waals surface area contributed by atoms with Crippen LogP contribution in [0.3, 0.4) is 0 Å². The Kier molecular flexibility index (Phi) is 4.05. The van der Waals surface area contributed by atoms with Crippen LogP contribution in [-0.4, -0.2) is 12.8 Å². The minimum atomic E-state index is -1.48. The molecule has 3 atom stereocenters. The number of allylic oxidation sites excluding steroid dienone is 2. The van der Waals surface area contributed by atoms with Gasteiger partial charge in [0.05, 0.1) is 0 Å². The second-order valence-electron chi connectivity index (χ2n) is 6.00. The van der Waals surface area contributed by atoms with E-state index in [-0.39, 0.29) is 0 Å². The highest BCUT2D eigenvalue weighted by atomic mass is 31.1. The van der Waals surface area contributed by atoms with Gasteiger partial charge in [0.25, 0.3) is 0 Å². The number of unbranched alkanes of at least 4 members (excludes halogenated alkanes) is 1. The zero-order valence-electron chi connectivity index (χ0n) is 11.2. The van der Waals surface area contributed by atoms with E-state index in [4.69, 9.17) is 4.52 Å². The summed E-state index contributed by atoms with van der Waals surface area (Å²) in [6.45, 7) is 7.47. The maximum Gasteiger partial charge on any atom is 0.512 e. The van der Waals surface area contributed by atoms with Gasteiger partial charge in [0, 0.05) is 0 Å². The van der Waals surface area contributed by atoms with Crippen LogP contribution in [-0.2, 0) is 9.09 Å². The smallest absolute Gasteiger partial charge is 0.146 e. The predicted molar refractivity (Wildman–Crippen MR) is 71.4 cm³/mol. The molecule has 3 aliphatic carbocycles. The molecule has 0 aromatic heterocycles. The Bertz CT molecular complexity index is 333. The third kappa shape index (κ3) is 2.63.